The summed E-state index contributed by atoms with van der Waals surface area (Å²) < 4.78 is 6.80. The lowest BCUT2D eigenvalue weighted by Gasteiger charge is -2.09. The number of nitrogens with zero attached hydrogens (tertiary/aromatic N) is 1. The van der Waals surface area contributed by atoms with Crippen molar-refractivity contribution in [2.75, 3.05) is 6.54 Å². The van der Waals surface area contributed by atoms with Crippen molar-refractivity contribution in [1.29, 1.82) is 0 Å². The zero-order valence-electron chi connectivity index (χ0n) is 14.4. The van der Waals surface area contributed by atoms with Gasteiger partial charge < -0.3 is 10.1 Å². The van der Waals surface area contributed by atoms with Crippen LogP contribution in [0, 0.1) is 3.57 Å². The van der Waals surface area contributed by atoms with E-state index in [1.165, 1.54) is 4.90 Å². The van der Waals surface area contributed by atoms with Gasteiger partial charge in [0.2, 0.25) is 0 Å². The average Bonchev–Trinajstić information content (AvgIpc) is 2.90. The van der Waals surface area contributed by atoms with Gasteiger partial charge in [-0.1, -0.05) is 43.3 Å². The minimum absolute atomic E-state index is 0.281. The van der Waals surface area contributed by atoms with Crippen LogP contribution in [0.1, 0.15) is 24.5 Å². The number of rotatable bonds is 6. The van der Waals surface area contributed by atoms with E-state index in [-0.39, 0.29) is 11.9 Å². The normalized spacial score (nSPS) is 15.5. The molecule has 0 spiro atoms. The van der Waals surface area contributed by atoms with Gasteiger partial charge in [-0.05, 0) is 58.3 Å². The molecule has 0 radical (unpaired) electrons. The molecule has 0 saturated carbocycles. The monoisotopic (exact) mass is 462 g/mol. The Morgan fingerprint density at radius 2 is 1.92 bits per heavy atom. The molecule has 134 valence electrons. The molecular formula is C20H19IN2O3. The highest BCUT2D eigenvalue weighted by atomic mass is 127. The Kier molecular flexibility index (Phi) is 5.92. The van der Waals surface area contributed by atoms with E-state index in [1.807, 2.05) is 55.5 Å². The standard InChI is InChI=1S/C20H19IN2O3/c1-2-10-23-19(24)17(22-20(23)25)12-15-8-9-18(16(21)11-15)26-13-14-6-4-3-5-7-14/h3-9,11-12H,2,10,13H2,1H3,(H,22,25)/b17-12+. The van der Waals surface area contributed by atoms with E-state index in [9.17, 15) is 9.59 Å². The van der Waals surface area contributed by atoms with Crippen molar-refractivity contribution in [3.63, 3.8) is 0 Å². The molecular weight excluding hydrogens is 443 g/mol. The quantitative estimate of drug-likeness (QED) is 0.398. The van der Waals surface area contributed by atoms with Crippen molar-refractivity contribution in [3.8, 4) is 5.75 Å². The number of hydrogen-bond donors (Lipinski definition) is 1. The molecule has 1 aliphatic heterocycles. The zero-order valence-corrected chi connectivity index (χ0v) is 16.5. The summed E-state index contributed by atoms with van der Waals surface area (Å²) in [7, 11) is 0. The molecule has 26 heavy (non-hydrogen) atoms. The number of ether oxygens (including phenoxy) is 1. The molecule has 0 atom stereocenters. The Morgan fingerprint density at radius 3 is 2.62 bits per heavy atom. The SMILES string of the molecule is CCCN1C(=O)N/C(=C/c2ccc(OCc3ccccc3)c(I)c2)C1=O. The lowest BCUT2D eigenvalue weighted by atomic mass is 10.2. The van der Waals surface area contributed by atoms with E-state index >= 15 is 0 Å². The largest absolute Gasteiger partial charge is 0.488 e. The first-order valence-electron chi connectivity index (χ1n) is 8.39. The second kappa shape index (κ2) is 8.35. The summed E-state index contributed by atoms with van der Waals surface area (Å²) in [6.45, 7) is 2.85. The van der Waals surface area contributed by atoms with Gasteiger partial charge in [0.1, 0.15) is 18.1 Å². The van der Waals surface area contributed by atoms with Crippen LogP contribution < -0.4 is 10.1 Å². The highest BCUT2D eigenvalue weighted by Gasteiger charge is 2.32. The van der Waals surface area contributed by atoms with Gasteiger partial charge in [-0.2, -0.15) is 0 Å². The van der Waals surface area contributed by atoms with E-state index in [0.717, 1.165) is 26.9 Å². The lowest BCUT2D eigenvalue weighted by molar-refractivity contribution is -0.122. The van der Waals surface area contributed by atoms with Crippen LogP contribution >= 0.6 is 22.6 Å². The molecule has 3 amide bonds. The van der Waals surface area contributed by atoms with Crippen molar-refractivity contribution in [2.45, 2.75) is 20.0 Å². The smallest absolute Gasteiger partial charge is 0.329 e. The molecule has 2 aromatic rings. The fraction of sp³-hybridized carbons (Fsp3) is 0.200. The summed E-state index contributed by atoms with van der Waals surface area (Å²) in [5.74, 6) is 0.502. The van der Waals surface area contributed by atoms with Gasteiger partial charge in [0.15, 0.2) is 0 Å². The Labute approximate surface area is 166 Å². The maximum atomic E-state index is 12.3. The van der Waals surface area contributed by atoms with E-state index < -0.39 is 0 Å². The van der Waals surface area contributed by atoms with Crippen LogP contribution in [0.25, 0.3) is 6.08 Å². The molecule has 5 nitrogen and oxygen atoms in total. The van der Waals surface area contributed by atoms with E-state index in [4.69, 9.17) is 4.74 Å². The Balaban J connectivity index is 1.71. The molecule has 1 N–H and O–H groups in total. The van der Waals surface area contributed by atoms with Gasteiger partial charge in [-0.3, -0.25) is 9.69 Å². The number of imide groups is 1. The minimum Gasteiger partial charge on any atom is -0.488 e. The highest BCUT2D eigenvalue weighted by molar-refractivity contribution is 14.1. The van der Waals surface area contributed by atoms with Crippen molar-refractivity contribution < 1.29 is 14.3 Å². The van der Waals surface area contributed by atoms with Crippen molar-refractivity contribution >= 4 is 40.6 Å². The van der Waals surface area contributed by atoms with Gasteiger partial charge in [-0.25, -0.2) is 4.79 Å². The van der Waals surface area contributed by atoms with Crippen LogP contribution in [0.5, 0.6) is 5.75 Å². The number of carbonyl (C=O) groups is 2. The van der Waals surface area contributed by atoms with Gasteiger partial charge >= 0.3 is 6.03 Å². The zero-order chi connectivity index (χ0) is 18.5. The number of hydrogen-bond acceptors (Lipinski definition) is 3. The molecule has 1 heterocycles. The fourth-order valence-corrected chi connectivity index (χ4v) is 3.32. The summed E-state index contributed by atoms with van der Waals surface area (Å²) in [5.41, 5.74) is 2.24. The number of carbonyl (C=O) groups excluding carboxylic acids is 2. The third kappa shape index (κ3) is 4.24. The van der Waals surface area contributed by atoms with E-state index in [0.29, 0.717) is 18.8 Å². The van der Waals surface area contributed by atoms with Crippen molar-refractivity contribution in [3.05, 3.63) is 68.9 Å². The molecule has 6 heteroatoms. The third-order valence-electron chi connectivity index (χ3n) is 3.91. The van der Waals surface area contributed by atoms with Gasteiger partial charge in [-0.15, -0.1) is 0 Å². The predicted octanol–water partition coefficient (Wildman–Crippen LogP) is 4.17. The Hall–Kier alpha value is -2.35. The molecule has 2 aromatic carbocycles. The van der Waals surface area contributed by atoms with Gasteiger partial charge in [0.05, 0.1) is 3.57 Å². The number of nitrogens with one attached hydrogen (secondary N) is 1. The van der Waals surface area contributed by atoms with Crippen LogP contribution in [0.3, 0.4) is 0 Å². The molecule has 1 fully saturated rings. The molecule has 1 saturated heterocycles. The first-order chi connectivity index (χ1) is 12.6. The highest BCUT2D eigenvalue weighted by Crippen LogP contribution is 2.25. The molecule has 0 unspecified atom stereocenters. The van der Waals surface area contributed by atoms with Crippen LogP contribution in [0.4, 0.5) is 4.79 Å². The average molecular weight is 462 g/mol. The predicted molar refractivity (Wildman–Crippen MR) is 108 cm³/mol. The first kappa shape index (κ1) is 18.4. The number of urea groups is 1. The second-order valence-corrected chi connectivity index (χ2v) is 7.07. The Bertz CT molecular complexity index is 849. The third-order valence-corrected chi connectivity index (χ3v) is 4.76. The number of halogens is 1. The molecule has 1 aliphatic rings. The summed E-state index contributed by atoms with van der Waals surface area (Å²) in [4.78, 5) is 25.3. The molecule has 3 rings (SSSR count). The van der Waals surface area contributed by atoms with Crippen LogP contribution in [-0.4, -0.2) is 23.4 Å². The summed E-state index contributed by atoms with van der Waals surface area (Å²) in [6.07, 6.45) is 2.43. The fourth-order valence-electron chi connectivity index (χ4n) is 2.62. The minimum atomic E-state index is -0.361. The van der Waals surface area contributed by atoms with Crippen LogP contribution in [0.2, 0.25) is 0 Å². The number of benzene rings is 2. The van der Waals surface area contributed by atoms with Crippen LogP contribution in [0.15, 0.2) is 54.2 Å². The van der Waals surface area contributed by atoms with Crippen molar-refractivity contribution in [2.24, 2.45) is 0 Å². The second-order valence-electron chi connectivity index (χ2n) is 5.91. The summed E-state index contributed by atoms with van der Waals surface area (Å²) >= 11 is 2.21. The molecule has 0 bridgehead atoms. The maximum Gasteiger partial charge on any atom is 0.329 e. The summed E-state index contributed by atoms with van der Waals surface area (Å²) in [6, 6.07) is 15.3. The molecule has 0 aliphatic carbocycles. The van der Waals surface area contributed by atoms with Crippen LogP contribution in [-0.2, 0) is 11.4 Å². The lowest BCUT2D eigenvalue weighted by Crippen LogP contribution is -2.31. The van der Waals surface area contributed by atoms with Gasteiger partial charge in [0, 0.05) is 6.54 Å². The topological polar surface area (TPSA) is 58.6 Å². The number of amides is 3. The van der Waals surface area contributed by atoms with E-state index in [2.05, 4.69) is 27.9 Å². The summed E-state index contributed by atoms with van der Waals surface area (Å²) in [5, 5.41) is 2.63. The Morgan fingerprint density at radius 1 is 1.15 bits per heavy atom. The first-order valence-corrected chi connectivity index (χ1v) is 9.47. The maximum absolute atomic E-state index is 12.3. The molecule has 0 aromatic heterocycles. The van der Waals surface area contributed by atoms with E-state index in [1.54, 1.807) is 6.08 Å². The van der Waals surface area contributed by atoms with Crippen molar-refractivity contribution in [1.82, 2.24) is 10.2 Å². The van der Waals surface area contributed by atoms with Gasteiger partial charge in [0.25, 0.3) is 5.91 Å².